The van der Waals surface area contributed by atoms with Gasteiger partial charge in [-0.15, -0.1) is 0 Å². The first kappa shape index (κ1) is 23.6. The molecule has 0 N–H and O–H groups in total. The second-order valence-electron chi connectivity index (χ2n) is 10.2. The van der Waals surface area contributed by atoms with Gasteiger partial charge in [0.2, 0.25) is 11.8 Å². The van der Waals surface area contributed by atoms with Crippen LogP contribution in [0.1, 0.15) is 59.5 Å². The SMILES string of the molecule is CN(C(=O)C1CC1)[C@@H](Cc1ccc(F)cc1F)C1CCN(C(=O)[C@@H]2CC(=O)c3ccccc32)CC1. The Labute approximate surface area is 204 Å². The highest BCUT2D eigenvalue weighted by atomic mass is 19.1. The number of carbonyl (C=O) groups is 3. The molecular weight excluding hydrogens is 450 g/mol. The maximum atomic E-state index is 14.5. The van der Waals surface area contributed by atoms with Gasteiger partial charge >= 0.3 is 0 Å². The molecule has 0 unspecified atom stereocenters. The molecule has 2 aliphatic carbocycles. The van der Waals surface area contributed by atoms with Crippen molar-refractivity contribution >= 4 is 17.6 Å². The first-order valence-corrected chi connectivity index (χ1v) is 12.4. The maximum Gasteiger partial charge on any atom is 0.230 e. The molecule has 2 fully saturated rings. The number of rotatable bonds is 6. The van der Waals surface area contributed by atoms with Crippen LogP contribution in [0.15, 0.2) is 42.5 Å². The van der Waals surface area contributed by atoms with Crippen LogP contribution in [0.2, 0.25) is 0 Å². The lowest BCUT2D eigenvalue weighted by Crippen LogP contribution is -2.49. The van der Waals surface area contributed by atoms with Gasteiger partial charge in [-0.1, -0.05) is 30.3 Å². The molecule has 7 heteroatoms. The zero-order chi connectivity index (χ0) is 24.7. The van der Waals surface area contributed by atoms with E-state index in [0.29, 0.717) is 43.5 Å². The van der Waals surface area contributed by atoms with Crippen LogP contribution >= 0.6 is 0 Å². The van der Waals surface area contributed by atoms with Crippen molar-refractivity contribution in [2.45, 2.75) is 50.5 Å². The summed E-state index contributed by atoms with van der Waals surface area (Å²) in [6.45, 7) is 1.06. The van der Waals surface area contributed by atoms with Gasteiger partial charge in [-0.3, -0.25) is 14.4 Å². The minimum atomic E-state index is -0.621. The normalized spacial score (nSPS) is 21.1. The van der Waals surface area contributed by atoms with E-state index in [1.165, 1.54) is 12.1 Å². The van der Waals surface area contributed by atoms with Crippen LogP contribution in [-0.2, 0) is 16.0 Å². The van der Waals surface area contributed by atoms with Crippen molar-refractivity contribution in [3.8, 4) is 0 Å². The highest BCUT2D eigenvalue weighted by molar-refractivity contribution is 6.06. The fraction of sp³-hybridized carbons (Fsp3) is 0.464. The number of ketones is 1. The molecule has 0 radical (unpaired) electrons. The Bertz CT molecular complexity index is 1150. The first-order chi connectivity index (χ1) is 16.8. The third-order valence-electron chi connectivity index (χ3n) is 7.94. The lowest BCUT2D eigenvalue weighted by atomic mass is 9.84. The largest absolute Gasteiger partial charge is 0.342 e. The van der Waals surface area contributed by atoms with E-state index in [2.05, 4.69) is 0 Å². The summed E-state index contributed by atoms with van der Waals surface area (Å²) in [5.74, 6) is -1.45. The molecule has 5 rings (SSSR count). The number of piperidine rings is 1. The van der Waals surface area contributed by atoms with Gasteiger partial charge in [-0.05, 0) is 55.2 Å². The van der Waals surface area contributed by atoms with E-state index >= 15 is 0 Å². The quantitative estimate of drug-likeness (QED) is 0.618. The summed E-state index contributed by atoms with van der Waals surface area (Å²) >= 11 is 0. The molecule has 0 bridgehead atoms. The molecule has 2 aromatic rings. The predicted molar refractivity (Wildman–Crippen MR) is 127 cm³/mol. The molecule has 1 saturated heterocycles. The van der Waals surface area contributed by atoms with Gasteiger partial charge in [-0.25, -0.2) is 8.78 Å². The summed E-state index contributed by atoms with van der Waals surface area (Å²) in [5, 5.41) is 0. The molecule has 184 valence electrons. The Balaban J connectivity index is 1.29. The molecule has 2 amide bonds. The molecule has 5 nitrogen and oxygen atoms in total. The lowest BCUT2D eigenvalue weighted by molar-refractivity contribution is -0.137. The van der Waals surface area contributed by atoms with Crippen LogP contribution in [0.5, 0.6) is 0 Å². The second-order valence-corrected chi connectivity index (χ2v) is 10.2. The number of hydrogen-bond donors (Lipinski definition) is 0. The number of amides is 2. The molecule has 2 atom stereocenters. The minimum Gasteiger partial charge on any atom is -0.342 e. The number of nitrogens with zero attached hydrogens (tertiary/aromatic N) is 2. The number of likely N-dealkylation sites (N-methyl/N-ethyl adjacent to an activating group) is 1. The van der Waals surface area contributed by atoms with Gasteiger partial charge in [0.15, 0.2) is 5.78 Å². The van der Waals surface area contributed by atoms with Crippen molar-refractivity contribution in [2.75, 3.05) is 20.1 Å². The van der Waals surface area contributed by atoms with Crippen molar-refractivity contribution in [1.29, 1.82) is 0 Å². The van der Waals surface area contributed by atoms with Crippen LogP contribution in [0.4, 0.5) is 8.78 Å². The molecule has 1 heterocycles. The summed E-state index contributed by atoms with van der Waals surface area (Å²) in [7, 11) is 1.78. The first-order valence-electron chi connectivity index (χ1n) is 12.4. The zero-order valence-electron chi connectivity index (χ0n) is 19.9. The van der Waals surface area contributed by atoms with Crippen molar-refractivity contribution in [3.05, 3.63) is 70.8 Å². The topological polar surface area (TPSA) is 57.7 Å². The van der Waals surface area contributed by atoms with Gasteiger partial charge in [0.25, 0.3) is 0 Å². The van der Waals surface area contributed by atoms with Crippen molar-refractivity contribution in [1.82, 2.24) is 9.80 Å². The van der Waals surface area contributed by atoms with E-state index in [0.717, 1.165) is 24.5 Å². The number of benzene rings is 2. The van der Waals surface area contributed by atoms with Crippen molar-refractivity contribution < 1.29 is 23.2 Å². The highest BCUT2D eigenvalue weighted by Gasteiger charge is 2.41. The van der Waals surface area contributed by atoms with Gasteiger partial charge < -0.3 is 9.80 Å². The average Bonchev–Trinajstić information content (AvgIpc) is 3.66. The zero-order valence-corrected chi connectivity index (χ0v) is 19.9. The van der Waals surface area contributed by atoms with Gasteiger partial charge in [0.05, 0.1) is 5.92 Å². The number of likely N-dealkylation sites (tertiary alicyclic amines) is 1. The number of hydrogen-bond acceptors (Lipinski definition) is 3. The fourth-order valence-electron chi connectivity index (χ4n) is 5.72. The third kappa shape index (κ3) is 4.73. The second kappa shape index (κ2) is 9.51. The van der Waals surface area contributed by atoms with Gasteiger partial charge in [0, 0.05) is 50.1 Å². The maximum absolute atomic E-state index is 14.5. The number of Topliss-reactive ketones (excluding diaryl/α,β-unsaturated/α-hetero) is 1. The van der Waals surface area contributed by atoms with E-state index in [9.17, 15) is 23.2 Å². The van der Waals surface area contributed by atoms with Crippen molar-refractivity contribution in [3.63, 3.8) is 0 Å². The lowest BCUT2D eigenvalue weighted by Gasteiger charge is -2.41. The summed E-state index contributed by atoms with van der Waals surface area (Å²) in [4.78, 5) is 42.2. The van der Waals surface area contributed by atoms with E-state index in [1.807, 2.05) is 23.1 Å². The summed E-state index contributed by atoms with van der Waals surface area (Å²) in [6.07, 6.45) is 3.66. The Morgan fingerprint density at radius 3 is 2.46 bits per heavy atom. The van der Waals surface area contributed by atoms with E-state index < -0.39 is 17.6 Å². The van der Waals surface area contributed by atoms with Gasteiger partial charge in [0.1, 0.15) is 11.6 Å². The van der Waals surface area contributed by atoms with Crippen LogP contribution in [-0.4, -0.2) is 53.6 Å². The monoisotopic (exact) mass is 480 g/mol. The standard InChI is InChI=1S/C28H30F2N2O3/c1-31(27(34)18-6-7-18)25(14-19-8-9-20(29)15-24(19)30)17-10-12-32(13-11-17)28(35)23-16-26(33)22-5-3-2-4-21(22)23/h2-5,8-9,15,17-18,23,25H,6-7,10-14,16H2,1H3/t23-,25+/m1/s1. The Hall–Kier alpha value is -3.09. The fourth-order valence-corrected chi connectivity index (χ4v) is 5.72. The molecule has 1 aliphatic heterocycles. The summed E-state index contributed by atoms with van der Waals surface area (Å²) in [5.41, 5.74) is 1.85. The smallest absolute Gasteiger partial charge is 0.230 e. The Morgan fingerprint density at radius 2 is 1.77 bits per heavy atom. The van der Waals surface area contributed by atoms with Crippen LogP contribution in [0.3, 0.4) is 0 Å². The van der Waals surface area contributed by atoms with Gasteiger partial charge in [-0.2, -0.15) is 0 Å². The third-order valence-corrected chi connectivity index (χ3v) is 7.94. The Morgan fingerprint density at radius 1 is 1.06 bits per heavy atom. The highest BCUT2D eigenvalue weighted by Crippen LogP contribution is 2.37. The minimum absolute atomic E-state index is 0.00966. The van der Waals surface area contributed by atoms with E-state index in [-0.39, 0.29) is 41.9 Å². The summed E-state index contributed by atoms with van der Waals surface area (Å²) in [6, 6.07) is 10.7. The molecule has 3 aliphatic rings. The molecule has 2 aromatic carbocycles. The molecule has 0 spiro atoms. The van der Waals surface area contributed by atoms with E-state index in [4.69, 9.17) is 0 Å². The molecule has 1 saturated carbocycles. The van der Waals surface area contributed by atoms with E-state index in [1.54, 1.807) is 18.0 Å². The molecule has 0 aromatic heterocycles. The van der Waals surface area contributed by atoms with Crippen LogP contribution in [0.25, 0.3) is 0 Å². The number of carbonyl (C=O) groups excluding carboxylic acids is 3. The van der Waals surface area contributed by atoms with Crippen LogP contribution in [0, 0.1) is 23.5 Å². The predicted octanol–water partition coefficient (Wildman–Crippen LogP) is 4.35. The Kier molecular flexibility index (Phi) is 6.43. The number of halogens is 2. The summed E-state index contributed by atoms with van der Waals surface area (Å²) < 4.78 is 27.9. The number of fused-ring (bicyclic) bond motifs is 1. The average molecular weight is 481 g/mol. The van der Waals surface area contributed by atoms with Crippen molar-refractivity contribution in [2.24, 2.45) is 11.8 Å². The molecular formula is C28H30F2N2O3. The molecule has 35 heavy (non-hydrogen) atoms. The van der Waals surface area contributed by atoms with Crippen LogP contribution < -0.4 is 0 Å².